The van der Waals surface area contributed by atoms with E-state index in [9.17, 15) is 9.90 Å². The number of likely N-dealkylation sites (N-methyl/N-ethyl adjacent to an activating group) is 1. The highest BCUT2D eigenvalue weighted by atomic mass is 16.5. The first-order valence-corrected chi connectivity index (χ1v) is 6.94. The van der Waals surface area contributed by atoms with Crippen molar-refractivity contribution in [3.05, 3.63) is 23.8 Å². The van der Waals surface area contributed by atoms with Crippen molar-refractivity contribution in [1.82, 2.24) is 4.90 Å². The number of carbonyl (C=O) groups excluding carboxylic acids is 1. The molecule has 1 amide bonds. The van der Waals surface area contributed by atoms with Crippen LogP contribution in [0.5, 0.6) is 11.5 Å². The number of rotatable bonds is 6. The number of likely N-dealkylation sites (tertiary alicyclic amines) is 1. The van der Waals surface area contributed by atoms with Crippen molar-refractivity contribution in [3.8, 4) is 11.5 Å². The standard InChI is InChI=1S/C15H21NO4/c1-3-8-19-12-5-4-11(10-17)14(9-12)20-13-6-7-16(2)15(13)18/h4-5,9,13,17H,3,6-8,10H2,1-2H3. The predicted octanol–water partition coefficient (Wildman–Crippen LogP) is 1.58. The number of benzene rings is 1. The van der Waals surface area contributed by atoms with Crippen LogP contribution in [0.4, 0.5) is 0 Å². The molecule has 0 saturated carbocycles. The summed E-state index contributed by atoms with van der Waals surface area (Å²) in [7, 11) is 1.76. The van der Waals surface area contributed by atoms with Crippen LogP contribution in [0.3, 0.4) is 0 Å². The number of nitrogens with zero attached hydrogens (tertiary/aromatic N) is 1. The minimum Gasteiger partial charge on any atom is -0.493 e. The van der Waals surface area contributed by atoms with Gasteiger partial charge in [-0.1, -0.05) is 6.92 Å². The zero-order chi connectivity index (χ0) is 14.5. The number of aliphatic hydroxyl groups excluding tert-OH is 1. The SMILES string of the molecule is CCCOc1ccc(CO)c(OC2CCN(C)C2=O)c1. The summed E-state index contributed by atoms with van der Waals surface area (Å²) in [4.78, 5) is 13.5. The minimum atomic E-state index is -0.466. The van der Waals surface area contributed by atoms with E-state index in [0.717, 1.165) is 6.42 Å². The zero-order valence-electron chi connectivity index (χ0n) is 12.0. The van der Waals surface area contributed by atoms with Crippen LogP contribution in [0.15, 0.2) is 18.2 Å². The summed E-state index contributed by atoms with van der Waals surface area (Å²) in [5.41, 5.74) is 0.663. The summed E-state index contributed by atoms with van der Waals surface area (Å²) in [6.45, 7) is 3.24. The van der Waals surface area contributed by atoms with Crippen LogP contribution >= 0.6 is 0 Å². The third kappa shape index (κ3) is 3.22. The van der Waals surface area contributed by atoms with Crippen LogP contribution in [-0.2, 0) is 11.4 Å². The molecule has 5 nitrogen and oxygen atoms in total. The maximum Gasteiger partial charge on any atom is 0.263 e. The highest BCUT2D eigenvalue weighted by Crippen LogP contribution is 2.28. The molecular formula is C15H21NO4. The fraction of sp³-hybridized carbons (Fsp3) is 0.533. The van der Waals surface area contributed by atoms with Crippen LogP contribution in [0.1, 0.15) is 25.3 Å². The van der Waals surface area contributed by atoms with E-state index >= 15 is 0 Å². The molecule has 0 aliphatic carbocycles. The summed E-state index contributed by atoms with van der Waals surface area (Å²) in [6.07, 6.45) is 1.12. The van der Waals surface area contributed by atoms with E-state index in [1.165, 1.54) is 0 Å². The Morgan fingerprint density at radius 3 is 2.85 bits per heavy atom. The van der Waals surface area contributed by atoms with E-state index in [-0.39, 0.29) is 12.5 Å². The second-order valence-corrected chi connectivity index (χ2v) is 4.93. The Balaban J connectivity index is 2.13. The number of carbonyl (C=O) groups is 1. The van der Waals surface area contributed by atoms with Crippen molar-refractivity contribution < 1.29 is 19.4 Å². The van der Waals surface area contributed by atoms with Gasteiger partial charge in [0, 0.05) is 31.6 Å². The van der Waals surface area contributed by atoms with E-state index in [4.69, 9.17) is 9.47 Å². The summed E-state index contributed by atoms with van der Waals surface area (Å²) in [6, 6.07) is 5.31. The molecule has 1 fully saturated rings. The molecular weight excluding hydrogens is 258 g/mol. The van der Waals surface area contributed by atoms with Gasteiger partial charge in [0.1, 0.15) is 11.5 Å². The molecule has 0 bridgehead atoms. The average Bonchev–Trinajstić information content (AvgIpc) is 2.77. The van der Waals surface area contributed by atoms with Gasteiger partial charge in [-0.3, -0.25) is 4.79 Å². The smallest absolute Gasteiger partial charge is 0.263 e. The second-order valence-electron chi connectivity index (χ2n) is 4.93. The number of aliphatic hydroxyl groups is 1. The lowest BCUT2D eigenvalue weighted by Gasteiger charge is -2.16. The van der Waals surface area contributed by atoms with E-state index in [2.05, 4.69) is 0 Å². The molecule has 1 aromatic rings. The van der Waals surface area contributed by atoms with Crippen LogP contribution in [0.25, 0.3) is 0 Å². The highest BCUT2D eigenvalue weighted by Gasteiger charge is 2.31. The summed E-state index contributed by atoms with van der Waals surface area (Å²) >= 11 is 0. The van der Waals surface area contributed by atoms with Gasteiger partial charge >= 0.3 is 0 Å². The molecule has 0 radical (unpaired) electrons. The molecule has 5 heteroatoms. The van der Waals surface area contributed by atoms with Crippen LogP contribution in [0, 0.1) is 0 Å². The number of ether oxygens (including phenoxy) is 2. The van der Waals surface area contributed by atoms with Gasteiger partial charge in [-0.05, 0) is 18.6 Å². The minimum absolute atomic E-state index is 0.0197. The van der Waals surface area contributed by atoms with Crippen molar-refractivity contribution in [2.24, 2.45) is 0 Å². The molecule has 2 rings (SSSR count). The first-order chi connectivity index (χ1) is 9.65. The van der Waals surface area contributed by atoms with E-state index in [1.807, 2.05) is 6.92 Å². The highest BCUT2D eigenvalue weighted by molar-refractivity contribution is 5.83. The molecule has 1 aliphatic heterocycles. The Hall–Kier alpha value is -1.75. The van der Waals surface area contributed by atoms with Crippen molar-refractivity contribution >= 4 is 5.91 Å². The average molecular weight is 279 g/mol. The third-order valence-electron chi connectivity index (χ3n) is 3.33. The van der Waals surface area contributed by atoms with Gasteiger partial charge < -0.3 is 19.5 Å². The molecule has 1 atom stereocenters. The van der Waals surface area contributed by atoms with E-state index in [1.54, 1.807) is 30.1 Å². The van der Waals surface area contributed by atoms with E-state index < -0.39 is 6.10 Å². The topological polar surface area (TPSA) is 59.0 Å². The largest absolute Gasteiger partial charge is 0.493 e. The quantitative estimate of drug-likeness (QED) is 0.859. The van der Waals surface area contributed by atoms with Gasteiger partial charge in [-0.25, -0.2) is 0 Å². The molecule has 1 N–H and O–H groups in total. The molecule has 0 aromatic heterocycles. The third-order valence-corrected chi connectivity index (χ3v) is 3.33. The van der Waals surface area contributed by atoms with Gasteiger partial charge in [0.25, 0.3) is 5.91 Å². The summed E-state index contributed by atoms with van der Waals surface area (Å²) in [5.74, 6) is 1.20. The lowest BCUT2D eigenvalue weighted by Crippen LogP contribution is -2.29. The molecule has 110 valence electrons. The maximum absolute atomic E-state index is 11.9. The Labute approximate surface area is 119 Å². The Bertz CT molecular complexity index is 475. The van der Waals surface area contributed by atoms with Crippen LogP contribution in [-0.4, -0.2) is 42.2 Å². The predicted molar refractivity (Wildman–Crippen MR) is 74.8 cm³/mol. The number of amides is 1. The Morgan fingerprint density at radius 1 is 1.45 bits per heavy atom. The van der Waals surface area contributed by atoms with Crippen molar-refractivity contribution in [2.75, 3.05) is 20.2 Å². The van der Waals surface area contributed by atoms with Gasteiger partial charge in [0.15, 0.2) is 6.10 Å². The van der Waals surface area contributed by atoms with Crippen molar-refractivity contribution in [1.29, 1.82) is 0 Å². The molecule has 1 aliphatic rings. The molecule has 1 aromatic carbocycles. The summed E-state index contributed by atoms with van der Waals surface area (Å²) < 4.78 is 11.3. The Kier molecular flexibility index (Phi) is 4.84. The van der Waals surface area contributed by atoms with Gasteiger partial charge in [-0.2, -0.15) is 0 Å². The maximum atomic E-state index is 11.9. The molecule has 1 unspecified atom stereocenters. The normalized spacial score (nSPS) is 18.4. The van der Waals surface area contributed by atoms with E-state index in [0.29, 0.717) is 36.6 Å². The van der Waals surface area contributed by atoms with Gasteiger partial charge in [0.05, 0.1) is 13.2 Å². The fourth-order valence-corrected chi connectivity index (χ4v) is 2.14. The molecule has 1 heterocycles. The first kappa shape index (κ1) is 14.7. The van der Waals surface area contributed by atoms with Crippen LogP contribution in [0.2, 0.25) is 0 Å². The lowest BCUT2D eigenvalue weighted by molar-refractivity contribution is -0.132. The lowest BCUT2D eigenvalue weighted by atomic mass is 10.2. The monoisotopic (exact) mass is 279 g/mol. The van der Waals surface area contributed by atoms with Crippen molar-refractivity contribution in [3.63, 3.8) is 0 Å². The summed E-state index contributed by atoms with van der Waals surface area (Å²) in [5, 5.41) is 9.36. The van der Waals surface area contributed by atoms with Crippen molar-refractivity contribution in [2.45, 2.75) is 32.5 Å². The Morgan fingerprint density at radius 2 is 2.25 bits per heavy atom. The molecule has 1 saturated heterocycles. The van der Waals surface area contributed by atoms with Crippen LogP contribution < -0.4 is 9.47 Å². The fourth-order valence-electron chi connectivity index (χ4n) is 2.14. The molecule has 0 spiro atoms. The van der Waals surface area contributed by atoms with Gasteiger partial charge in [0.2, 0.25) is 0 Å². The first-order valence-electron chi connectivity index (χ1n) is 6.94. The number of hydrogen-bond acceptors (Lipinski definition) is 4. The zero-order valence-corrected chi connectivity index (χ0v) is 12.0. The second kappa shape index (κ2) is 6.61. The molecule has 20 heavy (non-hydrogen) atoms. The number of hydrogen-bond donors (Lipinski definition) is 1. The van der Waals surface area contributed by atoms with Gasteiger partial charge in [-0.15, -0.1) is 0 Å².